The molecule has 0 aliphatic carbocycles. The van der Waals surface area contributed by atoms with Crippen LogP contribution in [-0.4, -0.2) is 4.92 Å². The van der Waals surface area contributed by atoms with Gasteiger partial charge in [0.15, 0.2) is 0 Å². The molecule has 6 heteroatoms. The van der Waals surface area contributed by atoms with Crippen molar-refractivity contribution < 1.29 is 18.1 Å². The highest BCUT2D eigenvalue weighted by Gasteiger charge is 2.34. The lowest BCUT2D eigenvalue weighted by atomic mass is 9.97. The lowest BCUT2D eigenvalue weighted by Gasteiger charge is -2.13. The second kappa shape index (κ2) is 4.73. The van der Waals surface area contributed by atoms with Gasteiger partial charge < -0.3 is 0 Å². The molecule has 0 bridgehead atoms. The Balaban J connectivity index is 3.27. The second-order valence-corrected chi connectivity index (χ2v) is 4.19. The fraction of sp³-hybridized carbons (Fsp3) is 0.455. The molecule has 1 rings (SSSR count). The molecule has 0 aromatic heterocycles. The van der Waals surface area contributed by atoms with E-state index in [2.05, 4.69) is 0 Å². The van der Waals surface area contributed by atoms with E-state index in [4.69, 9.17) is 0 Å². The van der Waals surface area contributed by atoms with E-state index in [9.17, 15) is 23.3 Å². The largest absolute Gasteiger partial charge is 0.416 e. The number of non-ortho nitro benzene ring substituents is 1. The summed E-state index contributed by atoms with van der Waals surface area (Å²) in [4.78, 5) is 9.63. The van der Waals surface area contributed by atoms with Crippen molar-refractivity contribution in [3.63, 3.8) is 0 Å². The average molecular weight is 247 g/mol. The van der Waals surface area contributed by atoms with Crippen molar-refractivity contribution in [1.82, 2.24) is 0 Å². The first-order chi connectivity index (χ1) is 7.71. The number of nitrogens with zero attached hydrogens (tertiary/aromatic N) is 1. The van der Waals surface area contributed by atoms with E-state index in [0.29, 0.717) is 6.07 Å². The van der Waals surface area contributed by atoms with Crippen LogP contribution < -0.4 is 0 Å². The van der Waals surface area contributed by atoms with Crippen LogP contribution in [0.4, 0.5) is 18.9 Å². The van der Waals surface area contributed by atoms with E-state index in [-0.39, 0.29) is 17.9 Å². The van der Waals surface area contributed by atoms with E-state index in [1.54, 1.807) is 13.8 Å². The van der Waals surface area contributed by atoms with Gasteiger partial charge in [0.05, 0.1) is 10.5 Å². The summed E-state index contributed by atoms with van der Waals surface area (Å²) < 4.78 is 38.2. The summed E-state index contributed by atoms with van der Waals surface area (Å²) in [5.74, 6) is 0.0533. The van der Waals surface area contributed by atoms with Gasteiger partial charge in [-0.05, 0) is 17.9 Å². The molecule has 0 saturated carbocycles. The molecule has 0 aliphatic heterocycles. The maximum Gasteiger partial charge on any atom is 0.416 e. The minimum absolute atomic E-state index is 0.0533. The first kappa shape index (κ1) is 13.5. The Kier molecular flexibility index (Phi) is 3.75. The van der Waals surface area contributed by atoms with Crippen molar-refractivity contribution in [3.8, 4) is 0 Å². The first-order valence-corrected chi connectivity index (χ1v) is 5.06. The SMILES string of the molecule is CC(C)Cc1ccc([N+](=O)[O-])cc1C(F)(F)F. The van der Waals surface area contributed by atoms with Crippen LogP contribution >= 0.6 is 0 Å². The summed E-state index contributed by atoms with van der Waals surface area (Å²) in [6.07, 6.45) is -4.32. The molecule has 3 nitrogen and oxygen atoms in total. The predicted octanol–water partition coefficient (Wildman–Crippen LogP) is 3.81. The molecule has 0 heterocycles. The average Bonchev–Trinajstić information content (AvgIpc) is 2.15. The van der Waals surface area contributed by atoms with Crippen molar-refractivity contribution in [2.75, 3.05) is 0 Å². The number of nitro benzene ring substituents is 1. The third-order valence-corrected chi connectivity index (χ3v) is 2.24. The van der Waals surface area contributed by atoms with Gasteiger partial charge in [-0.3, -0.25) is 10.1 Å². The summed E-state index contributed by atoms with van der Waals surface area (Å²) >= 11 is 0. The molecule has 17 heavy (non-hydrogen) atoms. The number of halogens is 3. The Morgan fingerprint density at radius 1 is 1.35 bits per heavy atom. The predicted molar refractivity (Wildman–Crippen MR) is 56.6 cm³/mol. The molecule has 0 amide bonds. The number of benzene rings is 1. The summed E-state index contributed by atoms with van der Waals surface area (Å²) in [6.45, 7) is 3.59. The Bertz CT molecular complexity index is 427. The van der Waals surface area contributed by atoms with Crippen molar-refractivity contribution in [2.45, 2.75) is 26.4 Å². The van der Waals surface area contributed by atoms with Crippen molar-refractivity contribution in [2.24, 2.45) is 5.92 Å². The van der Waals surface area contributed by atoms with Gasteiger partial charge in [0.1, 0.15) is 0 Å². The smallest absolute Gasteiger partial charge is 0.258 e. The van der Waals surface area contributed by atoms with Gasteiger partial charge in [-0.15, -0.1) is 0 Å². The van der Waals surface area contributed by atoms with Crippen LogP contribution in [0.15, 0.2) is 18.2 Å². The van der Waals surface area contributed by atoms with Gasteiger partial charge in [-0.25, -0.2) is 0 Å². The summed E-state index contributed by atoms with van der Waals surface area (Å²) in [7, 11) is 0. The van der Waals surface area contributed by atoms with Crippen molar-refractivity contribution >= 4 is 5.69 Å². The maximum absolute atomic E-state index is 12.7. The molecule has 94 valence electrons. The summed E-state index contributed by atoms with van der Waals surface area (Å²) in [5.41, 5.74) is -1.36. The van der Waals surface area contributed by atoms with Crippen LogP contribution in [0.5, 0.6) is 0 Å². The molecular weight excluding hydrogens is 235 g/mol. The Labute approximate surface area is 96.4 Å². The maximum atomic E-state index is 12.7. The van der Waals surface area contributed by atoms with Gasteiger partial charge >= 0.3 is 6.18 Å². The van der Waals surface area contributed by atoms with Crippen molar-refractivity contribution in [1.29, 1.82) is 0 Å². The van der Waals surface area contributed by atoms with Crippen LogP contribution in [0.2, 0.25) is 0 Å². The van der Waals surface area contributed by atoms with Gasteiger partial charge in [0.25, 0.3) is 5.69 Å². The van der Waals surface area contributed by atoms with Crippen LogP contribution in [0.25, 0.3) is 0 Å². The third-order valence-electron chi connectivity index (χ3n) is 2.24. The van der Waals surface area contributed by atoms with E-state index < -0.39 is 22.4 Å². The fourth-order valence-electron chi connectivity index (χ4n) is 1.56. The van der Waals surface area contributed by atoms with Crippen LogP contribution in [0.3, 0.4) is 0 Å². The lowest BCUT2D eigenvalue weighted by Crippen LogP contribution is -2.11. The second-order valence-electron chi connectivity index (χ2n) is 4.19. The zero-order chi connectivity index (χ0) is 13.2. The third kappa shape index (κ3) is 3.44. The normalized spacial score (nSPS) is 11.9. The number of nitro groups is 1. The van der Waals surface area contributed by atoms with Gasteiger partial charge in [-0.2, -0.15) is 13.2 Å². The van der Waals surface area contributed by atoms with E-state index in [1.165, 1.54) is 6.07 Å². The molecule has 0 atom stereocenters. The first-order valence-electron chi connectivity index (χ1n) is 5.06. The molecule has 1 aromatic carbocycles. The fourth-order valence-corrected chi connectivity index (χ4v) is 1.56. The molecule has 0 N–H and O–H groups in total. The van der Waals surface area contributed by atoms with Gasteiger partial charge in [0.2, 0.25) is 0 Å². The Morgan fingerprint density at radius 3 is 2.35 bits per heavy atom. The van der Waals surface area contributed by atoms with E-state index >= 15 is 0 Å². The van der Waals surface area contributed by atoms with E-state index in [0.717, 1.165) is 6.07 Å². The monoisotopic (exact) mass is 247 g/mol. The number of hydrogen-bond donors (Lipinski definition) is 0. The van der Waals surface area contributed by atoms with Gasteiger partial charge in [-0.1, -0.05) is 19.9 Å². The highest BCUT2D eigenvalue weighted by Crippen LogP contribution is 2.35. The minimum Gasteiger partial charge on any atom is -0.258 e. The summed E-state index contributed by atoms with van der Waals surface area (Å²) in [5, 5.41) is 10.5. The number of rotatable bonds is 3. The minimum atomic E-state index is -4.56. The number of alkyl halides is 3. The molecule has 1 aromatic rings. The summed E-state index contributed by atoms with van der Waals surface area (Å²) in [6, 6.07) is 2.88. The van der Waals surface area contributed by atoms with Gasteiger partial charge in [0, 0.05) is 12.1 Å². The Morgan fingerprint density at radius 2 is 1.94 bits per heavy atom. The Hall–Kier alpha value is -1.59. The van der Waals surface area contributed by atoms with Crippen LogP contribution in [0, 0.1) is 16.0 Å². The highest BCUT2D eigenvalue weighted by molar-refractivity contribution is 5.41. The molecule has 0 aliphatic rings. The molecule has 0 fully saturated rings. The van der Waals surface area contributed by atoms with Crippen LogP contribution in [0.1, 0.15) is 25.0 Å². The topological polar surface area (TPSA) is 43.1 Å². The van der Waals surface area contributed by atoms with E-state index in [1.807, 2.05) is 0 Å². The molecule has 0 unspecified atom stereocenters. The van der Waals surface area contributed by atoms with Crippen LogP contribution in [-0.2, 0) is 12.6 Å². The standard InChI is InChI=1S/C11H12F3NO2/c1-7(2)5-8-3-4-9(15(16)17)6-10(8)11(12,13)14/h3-4,6-7H,5H2,1-2H3. The quantitative estimate of drug-likeness (QED) is 0.602. The molecular formula is C11H12F3NO2. The zero-order valence-corrected chi connectivity index (χ0v) is 9.41. The molecule has 0 saturated heterocycles. The zero-order valence-electron chi connectivity index (χ0n) is 9.41. The lowest BCUT2D eigenvalue weighted by molar-refractivity contribution is -0.385. The highest BCUT2D eigenvalue weighted by atomic mass is 19.4. The number of hydrogen-bond acceptors (Lipinski definition) is 2. The molecule has 0 radical (unpaired) electrons. The van der Waals surface area contributed by atoms with Crippen molar-refractivity contribution in [3.05, 3.63) is 39.4 Å². The molecule has 0 spiro atoms.